The van der Waals surface area contributed by atoms with E-state index in [0.717, 1.165) is 25.9 Å². The number of carbonyl (C=O) groups excluding carboxylic acids is 2. The Bertz CT molecular complexity index is 527. The molecule has 1 aromatic rings. The smallest absolute Gasteiger partial charge is 0.217 e. The largest absolute Gasteiger partial charge is 0.356 e. The first-order valence-corrected chi connectivity index (χ1v) is 6.90. The van der Waals surface area contributed by atoms with Gasteiger partial charge >= 0.3 is 0 Å². The second kappa shape index (κ2) is 6.17. The van der Waals surface area contributed by atoms with Gasteiger partial charge in [0.05, 0.1) is 5.56 Å². The van der Waals surface area contributed by atoms with Crippen molar-refractivity contribution in [3.8, 4) is 0 Å². The van der Waals surface area contributed by atoms with Gasteiger partial charge in [-0.1, -0.05) is 11.6 Å². The van der Waals surface area contributed by atoms with Crippen LogP contribution in [0.1, 0.15) is 35.9 Å². The normalized spacial score (nSPS) is 16.1. The Kier molecular flexibility index (Phi) is 4.54. The molecule has 1 aromatic heterocycles. The van der Waals surface area contributed by atoms with Crippen molar-refractivity contribution in [3.05, 3.63) is 16.5 Å². The molecule has 0 aliphatic carbocycles. The molecule has 0 atom stereocenters. The number of nitrogens with one attached hydrogen (secondary N) is 1. The Morgan fingerprint density at radius 3 is 2.60 bits per heavy atom. The standard InChI is InChI=1S/C13H17ClN4O2/c1-8-15-12(14)11(7-19)13(16-8)18-5-3-10(4-6-18)17-9(2)20/h7,10H,3-6H2,1-2H3,(H,17,20). The minimum atomic E-state index is -0.0158. The van der Waals surface area contributed by atoms with E-state index in [1.807, 2.05) is 4.90 Å². The van der Waals surface area contributed by atoms with Gasteiger partial charge in [0, 0.05) is 26.1 Å². The van der Waals surface area contributed by atoms with Crippen LogP contribution in [0.5, 0.6) is 0 Å². The maximum Gasteiger partial charge on any atom is 0.217 e. The van der Waals surface area contributed by atoms with E-state index in [-0.39, 0.29) is 17.1 Å². The van der Waals surface area contributed by atoms with E-state index in [2.05, 4.69) is 15.3 Å². The molecule has 1 saturated heterocycles. The summed E-state index contributed by atoms with van der Waals surface area (Å²) >= 11 is 5.99. The summed E-state index contributed by atoms with van der Waals surface area (Å²) in [6.45, 7) is 4.70. The Labute approximate surface area is 122 Å². The van der Waals surface area contributed by atoms with E-state index in [0.29, 0.717) is 23.5 Å². The number of aryl methyl sites for hydroxylation is 1. The molecule has 1 aliphatic heterocycles. The molecule has 0 bridgehead atoms. The summed E-state index contributed by atoms with van der Waals surface area (Å²) in [7, 11) is 0. The number of rotatable bonds is 3. The zero-order chi connectivity index (χ0) is 14.7. The van der Waals surface area contributed by atoms with Crippen molar-refractivity contribution in [2.24, 2.45) is 0 Å². The third-order valence-corrected chi connectivity index (χ3v) is 3.60. The number of halogens is 1. The highest BCUT2D eigenvalue weighted by molar-refractivity contribution is 6.32. The quantitative estimate of drug-likeness (QED) is 0.673. The number of aromatic nitrogens is 2. The summed E-state index contributed by atoms with van der Waals surface area (Å²) in [5, 5.41) is 3.10. The van der Waals surface area contributed by atoms with Crippen LogP contribution in [0.25, 0.3) is 0 Å². The first kappa shape index (κ1) is 14.7. The fraction of sp³-hybridized carbons (Fsp3) is 0.538. The molecule has 1 fully saturated rings. The molecule has 1 N–H and O–H groups in total. The van der Waals surface area contributed by atoms with Gasteiger partial charge in [-0.3, -0.25) is 9.59 Å². The summed E-state index contributed by atoms with van der Waals surface area (Å²) in [5.74, 6) is 1.11. The van der Waals surface area contributed by atoms with Crippen LogP contribution in [0.2, 0.25) is 5.15 Å². The van der Waals surface area contributed by atoms with E-state index in [4.69, 9.17) is 11.6 Å². The zero-order valence-corrected chi connectivity index (χ0v) is 12.3. The van der Waals surface area contributed by atoms with Crippen molar-refractivity contribution in [1.29, 1.82) is 0 Å². The summed E-state index contributed by atoms with van der Waals surface area (Å²) in [6.07, 6.45) is 2.33. The number of piperidine rings is 1. The zero-order valence-electron chi connectivity index (χ0n) is 11.5. The molecule has 108 valence electrons. The lowest BCUT2D eigenvalue weighted by Crippen LogP contribution is -2.44. The van der Waals surface area contributed by atoms with Crippen LogP contribution >= 0.6 is 11.6 Å². The van der Waals surface area contributed by atoms with Gasteiger partial charge in [-0.05, 0) is 19.8 Å². The minimum absolute atomic E-state index is 0.0158. The van der Waals surface area contributed by atoms with Gasteiger partial charge in [-0.15, -0.1) is 0 Å². The van der Waals surface area contributed by atoms with Crippen molar-refractivity contribution in [3.63, 3.8) is 0 Å². The van der Waals surface area contributed by atoms with Crippen LogP contribution in [0.3, 0.4) is 0 Å². The van der Waals surface area contributed by atoms with E-state index in [9.17, 15) is 9.59 Å². The highest BCUT2D eigenvalue weighted by Crippen LogP contribution is 2.25. The Morgan fingerprint density at radius 2 is 2.05 bits per heavy atom. The van der Waals surface area contributed by atoms with Crippen LogP contribution in [-0.2, 0) is 4.79 Å². The Balaban J connectivity index is 2.14. The van der Waals surface area contributed by atoms with Gasteiger partial charge < -0.3 is 10.2 Å². The van der Waals surface area contributed by atoms with Crippen molar-refractivity contribution in [1.82, 2.24) is 15.3 Å². The van der Waals surface area contributed by atoms with Crippen molar-refractivity contribution in [2.45, 2.75) is 32.7 Å². The van der Waals surface area contributed by atoms with Crippen LogP contribution in [0.4, 0.5) is 5.82 Å². The Morgan fingerprint density at radius 1 is 1.40 bits per heavy atom. The number of amides is 1. The van der Waals surface area contributed by atoms with Gasteiger partial charge in [0.2, 0.25) is 5.91 Å². The first-order chi connectivity index (χ1) is 9.51. The lowest BCUT2D eigenvalue weighted by Gasteiger charge is -2.33. The number of nitrogens with zero attached hydrogens (tertiary/aromatic N) is 3. The fourth-order valence-corrected chi connectivity index (χ4v) is 2.65. The summed E-state index contributed by atoms with van der Waals surface area (Å²) in [6, 6.07) is 0.182. The minimum Gasteiger partial charge on any atom is -0.356 e. The number of aldehydes is 1. The molecular formula is C13H17ClN4O2. The molecule has 1 amide bonds. The molecule has 0 saturated carbocycles. The number of hydrogen-bond donors (Lipinski definition) is 1. The molecule has 0 spiro atoms. The molecule has 1 aliphatic rings. The second-order valence-electron chi connectivity index (χ2n) is 4.88. The number of anilines is 1. The van der Waals surface area contributed by atoms with E-state index >= 15 is 0 Å². The monoisotopic (exact) mass is 296 g/mol. The second-order valence-corrected chi connectivity index (χ2v) is 5.24. The third kappa shape index (κ3) is 3.25. The van der Waals surface area contributed by atoms with Gasteiger partial charge in [0.25, 0.3) is 0 Å². The molecule has 6 nitrogen and oxygen atoms in total. The predicted octanol–water partition coefficient (Wildman–Crippen LogP) is 1.36. The van der Waals surface area contributed by atoms with E-state index < -0.39 is 0 Å². The maximum atomic E-state index is 11.2. The molecule has 0 unspecified atom stereocenters. The van der Waals surface area contributed by atoms with Gasteiger partial charge in [0.1, 0.15) is 16.8 Å². The molecule has 0 aromatic carbocycles. The topological polar surface area (TPSA) is 75.2 Å². The summed E-state index contributed by atoms with van der Waals surface area (Å²) < 4.78 is 0. The highest BCUT2D eigenvalue weighted by atomic mass is 35.5. The van der Waals surface area contributed by atoms with Crippen LogP contribution in [-0.4, -0.2) is 41.3 Å². The van der Waals surface area contributed by atoms with Gasteiger partial charge in [-0.25, -0.2) is 9.97 Å². The van der Waals surface area contributed by atoms with Crippen LogP contribution in [0.15, 0.2) is 0 Å². The van der Waals surface area contributed by atoms with Crippen molar-refractivity contribution in [2.75, 3.05) is 18.0 Å². The fourth-order valence-electron chi connectivity index (χ4n) is 2.40. The van der Waals surface area contributed by atoms with Crippen LogP contribution < -0.4 is 10.2 Å². The lowest BCUT2D eigenvalue weighted by atomic mass is 10.0. The van der Waals surface area contributed by atoms with Crippen molar-refractivity contribution < 1.29 is 9.59 Å². The van der Waals surface area contributed by atoms with Crippen LogP contribution in [0, 0.1) is 6.92 Å². The number of hydrogen-bond acceptors (Lipinski definition) is 5. The van der Waals surface area contributed by atoms with E-state index in [1.54, 1.807) is 6.92 Å². The Hall–Kier alpha value is -1.69. The highest BCUT2D eigenvalue weighted by Gasteiger charge is 2.24. The maximum absolute atomic E-state index is 11.2. The van der Waals surface area contributed by atoms with Crippen molar-refractivity contribution >= 4 is 29.6 Å². The molecular weight excluding hydrogens is 280 g/mol. The predicted molar refractivity (Wildman–Crippen MR) is 76.2 cm³/mol. The number of carbonyl (C=O) groups is 2. The average Bonchev–Trinajstić information content (AvgIpc) is 2.38. The average molecular weight is 297 g/mol. The van der Waals surface area contributed by atoms with Gasteiger partial charge in [0.15, 0.2) is 6.29 Å². The lowest BCUT2D eigenvalue weighted by molar-refractivity contribution is -0.119. The third-order valence-electron chi connectivity index (χ3n) is 3.31. The van der Waals surface area contributed by atoms with E-state index in [1.165, 1.54) is 6.92 Å². The summed E-state index contributed by atoms with van der Waals surface area (Å²) in [5.41, 5.74) is 0.329. The first-order valence-electron chi connectivity index (χ1n) is 6.52. The van der Waals surface area contributed by atoms with Gasteiger partial charge in [-0.2, -0.15) is 0 Å². The molecule has 0 radical (unpaired) electrons. The SMILES string of the molecule is CC(=O)NC1CCN(c2nc(C)nc(Cl)c2C=O)CC1. The molecule has 7 heteroatoms. The molecule has 2 heterocycles. The molecule has 20 heavy (non-hydrogen) atoms. The summed E-state index contributed by atoms with van der Waals surface area (Å²) in [4.78, 5) is 32.5. The molecule has 2 rings (SSSR count).